The van der Waals surface area contributed by atoms with E-state index in [1.165, 1.54) is 36.9 Å². The van der Waals surface area contributed by atoms with Crippen LogP contribution in [-0.2, 0) is 6.54 Å². The van der Waals surface area contributed by atoms with Gasteiger partial charge in [0.1, 0.15) is 0 Å². The number of benzene rings is 1. The largest absolute Gasteiger partial charge is 0.316 e. The van der Waals surface area contributed by atoms with Gasteiger partial charge in [0.15, 0.2) is 0 Å². The number of nitrogens with one attached hydrogen (secondary N) is 2. The van der Waals surface area contributed by atoms with Crippen LogP contribution in [0.3, 0.4) is 0 Å². The van der Waals surface area contributed by atoms with Crippen molar-refractivity contribution in [3.05, 3.63) is 35.4 Å². The van der Waals surface area contributed by atoms with E-state index in [1.54, 1.807) is 0 Å². The van der Waals surface area contributed by atoms with E-state index in [0.717, 1.165) is 25.0 Å². The lowest BCUT2D eigenvalue weighted by Gasteiger charge is -2.11. The normalized spacial score (nSPS) is 24.9. The minimum Gasteiger partial charge on any atom is -0.316 e. The molecule has 2 N–H and O–H groups in total. The van der Waals surface area contributed by atoms with Crippen molar-refractivity contribution < 1.29 is 0 Å². The van der Waals surface area contributed by atoms with Crippen molar-refractivity contribution in [3.63, 3.8) is 0 Å². The third-order valence-electron chi connectivity index (χ3n) is 3.65. The molecule has 1 aromatic rings. The van der Waals surface area contributed by atoms with Gasteiger partial charge < -0.3 is 10.6 Å². The van der Waals surface area contributed by atoms with Crippen LogP contribution in [0.5, 0.6) is 0 Å². The molecule has 1 atom stereocenters. The van der Waals surface area contributed by atoms with Crippen LogP contribution in [0, 0.1) is 0 Å². The van der Waals surface area contributed by atoms with Crippen molar-refractivity contribution in [1.29, 1.82) is 0 Å². The van der Waals surface area contributed by atoms with Crippen LogP contribution < -0.4 is 10.6 Å². The average Bonchev–Trinajstić information content (AvgIpc) is 2.99. The van der Waals surface area contributed by atoms with Crippen LogP contribution in [0.4, 0.5) is 0 Å². The van der Waals surface area contributed by atoms with Gasteiger partial charge in [0.25, 0.3) is 0 Å². The Morgan fingerprint density at radius 1 is 1.25 bits per heavy atom. The lowest BCUT2D eigenvalue weighted by Crippen LogP contribution is -2.15. The molecule has 1 heterocycles. The molecule has 2 aliphatic rings. The molecule has 0 bridgehead atoms. The van der Waals surface area contributed by atoms with E-state index in [4.69, 9.17) is 0 Å². The van der Waals surface area contributed by atoms with E-state index in [2.05, 4.69) is 34.9 Å². The zero-order valence-electron chi connectivity index (χ0n) is 9.71. The predicted octanol–water partition coefficient (Wildman–Crippen LogP) is 2.02. The zero-order valence-corrected chi connectivity index (χ0v) is 9.71. The van der Waals surface area contributed by atoms with Gasteiger partial charge in [-0.25, -0.2) is 0 Å². The summed E-state index contributed by atoms with van der Waals surface area (Å²) in [5.41, 5.74) is 2.95. The molecule has 3 rings (SSSR count). The van der Waals surface area contributed by atoms with E-state index in [1.807, 2.05) is 0 Å². The number of hydrogen-bond donors (Lipinski definition) is 2. The van der Waals surface area contributed by atoms with Crippen LogP contribution in [0.1, 0.15) is 36.3 Å². The first-order valence-electron chi connectivity index (χ1n) is 6.45. The fourth-order valence-corrected chi connectivity index (χ4v) is 2.45. The summed E-state index contributed by atoms with van der Waals surface area (Å²) in [5.74, 6) is 0.737. The van der Waals surface area contributed by atoms with Crippen molar-refractivity contribution in [2.75, 3.05) is 13.1 Å². The first kappa shape index (κ1) is 10.3. The smallest absolute Gasteiger partial charge is 0.0208 e. The first-order valence-corrected chi connectivity index (χ1v) is 6.45. The highest BCUT2D eigenvalue weighted by atomic mass is 14.9. The second-order valence-electron chi connectivity index (χ2n) is 5.09. The summed E-state index contributed by atoms with van der Waals surface area (Å²) >= 11 is 0. The van der Waals surface area contributed by atoms with Gasteiger partial charge in [-0.1, -0.05) is 24.3 Å². The van der Waals surface area contributed by atoms with Crippen molar-refractivity contribution >= 4 is 0 Å². The highest BCUT2D eigenvalue weighted by Crippen LogP contribution is 2.24. The lowest BCUT2D eigenvalue weighted by atomic mass is 9.97. The van der Waals surface area contributed by atoms with Crippen molar-refractivity contribution in [1.82, 2.24) is 10.6 Å². The number of hydrogen-bond acceptors (Lipinski definition) is 2. The molecular weight excluding hydrogens is 196 g/mol. The van der Waals surface area contributed by atoms with Crippen LogP contribution in [-0.4, -0.2) is 19.1 Å². The van der Waals surface area contributed by atoms with E-state index in [0.29, 0.717) is 0 Å². The van der Waals surface area contributed by atoms with Gasteiger partial charge in [0.05, 0.1) is 0 Å². The van der Waals surface area contributed by atoms with Crippen LogP contribution in [0.15, 0.2) is 24.3 Å². The average molecular weight is 216 g/mol. The van der Waals surface area contributed by atoms with Crippen LogP contribution in [0.2, 0.25) is 0 Å². The third-order valence-corrected chi connectivity index (χ3v) is 3.65. The first-order chi connectivity index (χ1) is 7.92. The fourth-order valence-electron chi connectivity index (χ4n) is 2.45. The molecule has 2 heteroatoms. The van der Waals surface area contributed by atoms with E-state index in [-0.39, 0.29) is 0 Å². The van der Waals surface area contributed by atoms with Gasteiger partial charge in [-0.3, -0.25) is 0 Å². The molecule has 1 aliphatic carbocycles. The summed E-state index contributed by atoms with van der Waals surface area (Å²) < 4.78 is 0. The van der Waals surface area contributed by atoms with Crippen LogP contribution >= 0.6 is 0 Å². The predicted molar refractivity (Wildman–Crippen MR) is 66.5 cm³/mol. The molecule has 1 aromatic carbocycles. The Balaban J connectivity index is 1.65. The van der Waals surface area contributed by atoms with E-state index >= 15 is 0 Å². The van der Waals surface area contributed by atoms with Gasteiger partial charge in [-0.15, -0.1) is 0 Å². The Bertz CT molecular complexity index is 352. The Labute approximate surface area is 97.4 Å². The minimum absolute atomic E-state index is 0.737. The zero-order chi connectivity index (χ0) is 10.8. The quantitative estimate of drug-likeness (QED) is 0.804. The molecule has 16 heavy (non-hydrogen) atoms. The third kappa shape index (κ3) is 2.45. The molecule has 0 spiro atoms. The minimum atomic E-state index is 0.737. The van der Waals surface area contributed by atoms with Gasteiger partial charge >= 0.3 is 0 Å². The molecule has 2 nitrogen and oxygen atoms in total. The van der Waals surface area contributed by atoms with Crippen molar-refractivity contribution in [2.45, 2.75) is 37.8 Å². The van der Waals surface area contributed by atoms with Gasteiger partial charge in [0.2, 0.25) is 0 Å². The molecule has 2 fully saturated rings. The Morgan fingerprint density at radius 2 is 2.19 bits per heavy atom. The maximum atomic E-state index is 3.58. The van der Waals surface area contributed by atoms with E-state index in [9.17, 15) is 0 Å². The molecule has 86 valence electrons. The topological polar surface area (TPSA) is 24.1 Å². The maximum Gasteiger partial charge on any atom is 0.0208 e. The summed E-state index contributed by atoms with van der Waals surface area (Å²) in [6.07, 6.45) is 4.03. The van der Waals surface area contributed by atoms with Gasteiger partial charge in [-0.2, -0.15) is 0 Å². The molecule has 0 aromatic heterocycles. The van der Waals surface area contributed by atoms with Crippen molar-refractivity contribution in [2.24, 2.45) is 0 Å². The molecule has 1 saturated carbocycles. The molecule has 1 saturated heterocycles. The highest BCUT2D eigenvalue weighted by molar-refractivity contribution is 5.27. The molecule has 1 unspecified atom stereocenters. The summed E-state index contributed by atoms with van der Waals surface area (Å²) in [6, 6.07) is 9.90. The Hall–Kier alpha value is -0.860. The lowest BCUT2D eigenvalue weighted by molar-refractivity contribution is 0.684. The SMILES string of the molecule is c1cc(CNC2CC2)cc(C2CCNC2)c1. The summed E-state index contributed by atoms with van der Waals surface area (Å²) in [7, 11) is 0. The summed E-state index contributed by atoms with van der Waals surface area (Å²) in [6.45, 7) is 3.37. The van der Waals surface area contributed by atoms with E-state index < -0.39 is 0 Å². The van der Waals surface area contributed by atoms with Gasteiger partial charge in [-0.05, 0) is 42.9 Å². The van der Waals surface area contributed by atoms with Crippen molar-refractivity contribution in [3.8, 4) is 0 Å². The molecule has 0 amide bonds. The highest BCUT2D eigenvalue weighted by Gasteiger charge is 2.20. The Kier molecular flexibility index (Phi) is 2.94. The standard InChI is InChI=1S/C14H20N2/c1-2-11(9-16-14-4-5-14)8-12(3-1)13-6-7-15-10-13/h1-3,8,13-16H,4-7,9-10H2. The second-order valence-corrected chi connectivity index (χ2v) is 5.09. The monoisotopic (exact) mass is 216 g/mol. The fraction of sp³-hybridized carbons (Fsp3) is 0.571. The summed E-state index contributed by atoms with van der Waals surface area (Å²) in [5, 5.41) is 7.01. The van der Waals surface area contributed by atoms with Gasteiger partial charge in [0, 0.05) is 19.1 Å². The van der Waals surface area contributed by atoms with Crippen LogP contribution in [0.25, 0.3) is 0 Å². The second kappa shape index (κ2) is 4.56. The Morgan fingerprint density at radius 3 is 2.94 bits per heavy atom. The molecular formula is C14H20N2. The maximum absolute atomic E-state index is 3.58. The molecule has 1 aliphatic heterocycles. The summed E-state index contributed by atoms with van der Waals surface area (Å²) in [4.78, 5) is 0. The number of rotatable bonds is 4. The molecule has 0 radical (unpaired) electrons.